The lowest BCUT2D eigenvalue weighted by Gasteiger charge is -2.22. The number of halogens is 1. The van der Waals surface area contributed by atoms with Crippen LogP contribution in [-0.2, 0) is 6.54 Å². The molecule has 0 unspecified atom stereocenters. The van der Waals surface area contributed by atoms with Crippen molar-refractivity contribution in [2.45, 2.75) is 25.4 Å². The van der Waals surface area contributed by atoms with Crippen LogP contribution in [0.15, 0.2) is 63.8 Å². The number of amides is 1. The standard InChI is InChI=1S/C20H16FNO3/c21-15-7-5-13(6-8-15)12-22(16-9-10-16)19(23)17-11-14-3-1-2-4-18(14)25-20(17)24/h1-8,11,16H,9-10,12H2. The Morgan fingerprint density at radius 3 is 2.56 bits per heavy atom. The lowest BCUT2D eigenvalue weighted by Crippen LogP contribution is -2.35. The number of carbonyl (C=O) groups excluding carboxylic acids is 1. The van der Waals surface area contributed by atoms with Gasteiger partial charge in [0.25, 0.3) is 5.91 Å². The van der Waals surface area contributed by atoms with Gasteiger partial charge in [0.05, 0.1) is 0 Å². The van der Waals surface area contributed by atoms with Gasteiger partial charge in [-0.25, -0.2) is 9.18 Å². The number of hydrogen-bond donors (Lipinski definition) is 0. The molecule has 0 radical (unpaired) electrons. The molecule has 5 heteroatoms. The fraction of sp³-hybridized carbons (Fsp3) is 0.200. The van der Waals surface area contributed by atoms with Crippen LogP contribution < -0.4 is 5.63 Å². The highest BCUT2D eigenvalue weighted by molar-refractivity contribution is 5.97. The molecule has 0 aliphatic heterocycles. The summed E-state index contributed by atoms with van der Waals surface area (Å²) in [4.78, 5) is 26.9. The van der Waals surface area contributed by atoms with Crippen LogP contribution in [0.1, 0.15) is 28.8 Å². The lowest BCUT2D eigenvalue weighted by atomic mass is 10.1. The highest BCUT2D eigenvalue weighted by atomic mass is 19.1. The van der Waals surface area contributed by atoms with E-state index in [4.69, 9.17) is 4.42 Å². The topological polar surface area (TPSA) is 50.5 Å². The largest absolute Gasteiger partial charge is 0.422 e. The third kappa shape index (κ3) is 3.18. The van der Waals surface area contributed by atoms with Crippen LogP contribution in [0, 0.1) is 5.82 Å². The van der Waals surface area contributed by atoms with E-state index in [9.17, 15) is 14.0 Å². The minimum Gasteiger partial charge on any atom is -0.422 e. The predicted molar refractivity (Wildman–Crippen MR) is 91.8 cm³/mol. The number of carbonyl (C=O) groups is 1. The van der Waals surface area contributed by atoms with E-state index in [2.05, 4.69) is 0 Å². The van der Waals surface area contributed by atoms with Crippen LogP contribution in [0.5, 0.6) is 0 Å². The first-order chi connectivity index (χ1) is 12.1. The van der Waals surface area contributed by atoms with Gasteiger partial charge in [0, 0.05) is 18.0 Å². The van der Waals surface area contributed by atoms with Gasteiger partial charge >= 0.3 is 5.63 Å². The van der Waals surface area contributed by atoms with E-state index >= 15 is 0 Å². The summed E-state index contributed by atoms with van der Waals surface area (Å²) < 4.78 is 18.4. The number of nitrogens with zero attached hydrogens (tertiary/aromatic N) is 1. The van der Waals surface area contributed by atoms with Gasteiger partial charge in [0.15, 0.2) is 0 Å². The minimum atomic E-state index is -0.631. The Morgan fingerprint density at radius 1 is 1.12 bits per heavy atom. The highest BCUT2D eigenvalue weighted by Gasteiger charge is 2.34. The Kier molecular flexibility index (Phi) is 3.84. The Labute approximate surface area is 143 Å². The predicted octanol–water partition coefficient (Wildman–Crippen LogP) is 3.74. The van der Waals surface area contributed by atoms with Crippen molar-refractivity contribution in [1.82, 2.24) is 4.90 Å². The molecular formula is C20H16FNO3. The molecule has 1 amide bonds. The van der Waals surface area contributed by atoms with Gasteiger partial charge in [-0.2, -0.15) is 0 Å². The molecule has 1 saturated carbocycles. The number of rotatable bonds is 4. The molecule has 1 aliphatic carbocycles. The zero-order valence-electron chi connectivity index (χ0n) is 13.4. The van der Waals surface area contributed by atoms with Crippen molar-refractivity contribution in [3.8, 4) is 0 Å². The van der Waals surface area contributed by atoms with E-state index in [1.807, 2.05) is 6.07 Å². The zero-order valence-corrected chi connectivity index (χ0v) is 13.4. The molecule has 1 aliphatic rings. The van der Waals surface area contributed by atoms with Crippen molar-refractivity contribution in [3.05, 3.63) is 82.0 Å². The molecular weight excluding hydrogens is 321 g/mol. The van der Waals surface area contributed by atoms with Crippen LogP contribution in [0.25, 0.3) is 11.0 Å². The fourth-order valence-corrected chi connectivity index (χ4v) is 2.91. The molecule has 0 N–H and O–H groups in total. The maximum atomic E-state index is 13.1. The number of hydrogen-bond acceptors (Lipinski definition) is 3. The smallest absolute Gasteiger partial charge is 0.349 e. The SMILES string of the molecule is O=C(c1cc2ccccc2oc1=O)N(Cc1ccc(F)cc1)C1CC1. The summed E-state index contributed by atoms with van der Waals surface area (Å²) >= 11 is 0. The first-order valence-electron chi connectivity index (χ1n) is 8.20. The van der Waals surface area contributed by atoms with E-state index in [0.29, 0.717) is 17.5 Å². The van der Waals surface area contributed by atoms with Crippen molar-refractivity contribution in [2.75, 3.05) is 0 Å². The molecule has 1 heterocycles. The second kappa shape index (κ2) is 6.16. The van der Waals surface area contributed by atoms with Crippen molar-refractivity contribution in [1.29, 1.82) is 0 Å². The summed E-state index contributed by atoms with van der Waals surface area (Å²) in [7, 11) is 0. The molecule has 1 aromatic heterocycles. The number of fused-ring (bicyclic) bond motifs is 1. The minimum absolute atomic E-state index is 0.0349. The number of para-hydroxylation sites is 1. The zero-order chi connectivity index (χ0) is 17.4. The molecule has 0 saturated heterocycles. The Bertz CT molecular complexity index is 990. The van der Waals surface area contributed by atoms with Gasteiger partial charge in [0.2, 0.25) is 0 Å². The Balaban J connectivity index is 1.68. The van der Waals surface area contributed by atoms with Gasteiger partial charge in [-0.3, -0.25) is 4.79 Å². The van der Waals surface area contributed by atoms with Gasteiger partial charge in [0.1, 0.15) is 17.0 Å². The quantitative estimate of drug-likeness (QED) is 0.682. The summed E-state index contributed by atoms with van der Waals surface area (Å²) in [5.41, 5.74) is 0.688. The highest BCUT2D eigenvalue weighted by Crippen LogP contribution is 2.30. The Hall–Kier alpha value is -2.95. The molecule has 4 rings (SSSR count). The summed E-state index contributed by atoms with van der Waals surface area (Å²) in [5.74, 6) is -0.658. The summed E-state index contributed by atoms with van der Waals surface area (Å²) in [6.07, 6.45) is 1.82. The molecule has 1 fully saturated rings. The molecule has 0 spiro atoms. The maximum Gasteiger partial charge on any atom is 0.349 e. The van der Waals surface area contributed by atoms with Gasteiger partial charge in [-0.05, 0) is 42.7 Å². The number of benzene rings is 2. The molecule has 2 aromatic carbocycles. The summed E-state index contributed by atoms with van der Waals surface area (Å²) in [5, 5.41) is 0.711. The van der Waals surface area contributed by atoms with E-state index < -0.39 is 5.63 Å². The second-order valence-electron chi connectivity index (χ2n) is 6.28. The molecule has 25 heavy (non-hydrogen) atoms. The van der Waals surface area contributed by atoms with Crippen molar-refractivity contribution < 1.29 is 13.6 Å². The van der Waals surface area contributed by atoms with Crippen LogP contribution in [-0.4, -0.2) is 16.8 Å². The van der Waals surface area contributed by atoms with Crippen LogP contribution in [0.3, 0.4) is 0 Å². The molecule has 0 bridgehead atoms. The normalized spacial score (nSPS) is 13.8. The first kappa shape index (κ1) is 15.6. The van der Waals surface area contributed by atoms with Crippen LogP contribution in [0.2, 0.25) is 0 Å². The molecule has 126 valence electrons. The van der Waals surface area contributed by atoms with Crippen molar-refractivity contribution in [2.24, 2.45) is 0 Å². The van der Waals surface area contributed by atoms with E-state index in [-0.39, 0.29) is 23.3 Å². The second-order valence-corrected chi connectivity index (χ2v) is 6.28. The Morgan fingerprint density at radius 2 is 1.84 bits per heavy atom. The third-order valence-corrected chi connectivity index (χ3v) is 4.39. The first-order valence-corrected chi connectivity index (χ1v) is 8.20. The van der Waals surface area contributed by atoms with Gasteiger partial charge < -0.3 is 9.32 Å². The van der Waals surface area contributed by atoms with E-state index in [1.54, 1.807) is 41.3 Å². The van der Waals surface area contributed by atoms with Gasteiger partial charge in [-0.1, -0.05) is 30.3 Å². The van der Waals surface area contributed by atoms with Gasteiger partial charge in [-0.15, -0.1) is 0 Å². The monoisotopic (exact) mass is 337 g/mol. The maximum absolute atomic E-state index is 13.1. The molecule has 4 nitrogen and oxygen atoms in total. The van der Waals surface area contributed by atoms with Crippen molar-refractivity contribution >= 4 is 16.9 Å². The lowest BCUT2D eigenvalue weighted by molar-refractivity contribution is 0.0726. The van der Waals surface area contributed by atoms with E-state index in [0.717, 1.165) is 18.4 Å². The average molecular weight is 337 g/mol. The summed E-state index contributed by atoms with van der Waals surface area (Å²) in [6.45, 7) is 0.343. The molecule has 3 aromatic rings. The van der Waals surface area contributed by atoms with Crippen molar-refractivity contribution in [3.63, 3.8) is 0 Å². The van der Waals surface area contributed by atoms with Crippen LogP contribution >= 0.6 is 0 Å². The third-order valence-electron chi connectivity index (χ3n) is 4.39. The fourth-order valence-electron chi connectivity index (χ4n) is 2.91. The average Bonchev–Trinajstić information content (AvgIpc) is 3.45. The summed E-state index contributed by atoms with van der Waals surface area (Å²) in [6, 6.07) is 14.9. The molecule has 0 atom stereocenters. The van der Waals surface area contributed by atoms with E-state index in [1.165, 1.54) is 12.1 Å². The van der Waals surface area contributed by atoms with Crippen LogP contribution in [0.4, 0.5) is 4.39 Å².